The van der Waals surface area contributed by atoms with Crippen molar-refractivity contribution in [1.29, 1.82) is 0 Å². The van der Waals surface area contributed by atoms with Crippen molar-refractivity contribution in [3.8, 4) is 5.75 Å². The highest BCUT2D eigenvalue weighted by Crippen LogP contribution is 2.18. The van der Waals surface area contributed by atoms with E-state index in [1.807, 2.05) is 43.3 Å². The summed E-state index contributed by atoms with van der Waals surface area (Å²) in [4.78, 5) is 13.9. The normalized spacial score (nSPS) is 11.1. The van der Waals surface area contributed by atoms with Gasteiger partial charge >= 0.3 is 0 Å². The molecular formula is C21H20O3S. The van der Waals surface area contributed by atoms with Gasteiger partial charge in [-0.3, -0.25) is 4.79 Å². The zero-order chi connectivity index (χ0) is 17.6. The number of benzene rings is 1. The molecule has 0 aliphatic carbocycles. The third-order valence-corrected chi connectivity index (χ3v) is 4.79. The van der Waals surface area contributed by atoms with Crippen LogP contribution in [0.5, 0.6) is 5.75 Å². The first-order valence-corrected chi connectivity index (χ1v) is 9.05. The van der Waals surface area contributed by atoms with Crippen LogP contribution in [0.1, 0.15) is 38.6 Å². The molecule has 0 aliphatic heterocycles. The van der Waals surface area contributed by atoms with E-state index in [4.69, 9.17) is 9.15 Å². The summed E-state index contributed by atoms with van der Waals surface area (Å²) in [5.41, 5.74) is 1.28. The Hall–Kier alpha value is -2.59. The zero-order valence-corrected chi connectivity index (χ0v) is 15.1. The predicted molar refractivity (Wildman–Crippen MR) is 101 cm³/mol. The van der Waals surface area contributed by atoms with E-state index in [9.17, 15) is 4.79 Å². The van der Waals surface area contributed by atoms with Crippen LogP contribution in [0, 0.1) is 6.92 Å². The molecule has 0 radical (unpaired) electrons. The van der Waals surface area contributed by atoms with Gasteiger partial charge in [0.15, 0.2) is 5.78 Å². The number of rotatable bonds is 7. The lowest BCUT2D eigenvalue weighted by Gasteiger charge is -2.04. The van der Waals surface area contributed by atoms with Crippen molar-refractivity contribution in [3.63, 3.8) is 0 Å². The van der Waals surface area contributed by atoms with Gasteiger partial charge in [0.05, 0.1) is 4.88 Å². The van der Waals surface area contributed by atoms with Crippen LogP contribution in [0.3, 0.4) is 0 Å². The fraction of sp³-hybridized carbons (Fsp3) is 0.190. The Labute approximate surface area is 151 Å². The van der Waals surface area contributed by atoms with Crippen molar-refractivity contribution in [2.75, 3.05) is 0 Å². The molecule has 4 heteroatoms. The molecule has 3 rings (SSSR count). The summed E-state index contributed by atoms with van der Waals surface area (Å²) in [7, 11) is 0. The van der Waals surface area contributed by atoms with Crippen LogP contribution in [-0.4, -0.2) is 5.78 Å². The van der Waals surface area contributed by atoms with Crippen molar-refractivity contribution >= 4 is 23.2 Å². The molecule has 0 saturated heterocycles. The molecule has 3 aromatic rings. The Morgan fingerprint density at radius 1 is 1.12 bits per heavy atom. The lowest BCUT2D eigenvalue weighted by Crippen LogP contribution is -1.93. The summed E-state index contributed by atoms with van der Waals surface area (Å²) >= 11 is 1.49. The van der Waals surface area contributed by atoms with E-state index in [0.29, 0.717) is 12.4 Å². The van der Waals surface area contributed by atoms with Crippen LogP contribution < -0.4 is 4.74 Å². The number of allylic oxidation sites excluding steroid dienone is 1. The van der Waals surface area contributed by atoms with E-state index in [1.54, 1.807) is 6.08 Å². The molecule has 0 saturated carbocycles. The number of carbonyl (C=O) groups is 1. The molecule has 128 valence electrons. The minimum absolute atomic E-state index is 0.0108. The summed E-state index contributed by atoms with van der Waals surface area (Å²) in [5, 5.41) is 0. The number of aryl methyl sites for hydroxylation is 2. The summed E-state index contributed by atoms with van der Waals surface area (Å²) in [6.45, 7) is 4.47. The molecule has 0 aliphatic rings. The van der Waals surface area contributed by atoms with Gasteiger partial charge in [-0.2, -0.15) is 0 Å². The van der Waals surface area contributed by atoms with Crippen molar-refractivity contribution in [2.45, 2.75) is 26.9 Å². The maximum atomic E-state index is 12.1. The summed E-state index contributed by atoms with van der Waals surface area (Å²) in [6.07, 6.45) is 4.24. The average molecular weight is 352 g/mol. The Morgan fingerprint density at radius 2 is 1.92 bits per heavy atom. The number of ether oxygens (including phenoxy) is 1. The van der Waals surface area contributed by atoms with Crippen LogP contribution in [0.4, 0.5) is 0 Å². The minimum atomic E-state index is -0.0108. The van der Waals surface area contributed by atoms with E-state index in [0.717, 1.165) is 27.7 Å². The smallest absolute Gasteiger partial charge is 0.195 e. The van der Waals surface area contributed by atoms with Crippen molar-refractivity contribution in [1.82, 2.24) is 0 Å². The topological polar surface area (TPSA) is 39.4 Å². The lowest BCUT2D eigenvalue weighted by atomic mass is 10.2. The number of ketones is 1. The Balaban J connectivity index is 1.56. The summed E-state index contributed by atoms with van der Waals surface area (Å²) in [5.74, 6) is 2.16. The number of hydrogen-bond acceptors (Lipinski definition) is 4. The van der Waals surface area contributed by atoms with E-state index in [-0.39, 0.29) is 5.78 Å². The van der Waals surface area contributed by atoms with Gasteiger partial charge in [-0.25, -0.2) is 0 Å². The molecule has 0 unspecified atom stereocenters. The standard InChI is InChI=1S/C21H20O3S/c1-3-16-5-7-17(8-6-16)23-14-19-10-9-18(24-19)11-12-20(22)21-13-4-15(2)25-21/h4-13H,3,14H2,1-2H3/b12-11+. The molecule has 25 heavy (non-hydrogen) atoms. The molecule has 0 spiro atoms. The largest absolute Gasteiger partial charge is 0.486 e. The number of thiophene rings is 1. The summed E-state index contributed by atoms with van der Waals surface area (Å²) < 4.78 is 11.4. The van der Waals surface area contributed by atoms with Crippen LogP contribution in [-0.2, 0) is 13.0 Å². The van der Waals surface area contributed by atoms with E-state index < -0.39 is 0 Å². The third-order valence-electron chi connectivity index (χ3n) is 3.78. The highest BCUT2D eigenvalue weighted by Gasteiger charge is 2.05. The number of hydrogen-bond donors (Lipinski definition) is 0. The molecule has 1 aromatic carbocycles. The maximum absolute atomic E-state index is 12.1. The molecule has 3 nitrogen and oxygen atoms in total. The average Bonchev–Trinajstić information content (AvgIpc) is 3.27. The van der Waals surface area contributed by atoms with Gasteiger partial charge in [0, 0.05) is 4.88 Å². The molecule has 0 N–H and O–H groups in total. The number of furan rings is 1. The highest BCUT2D eigenvalue weighted by molar-refractivity contribution is 7.14. The van der Waals surface area contributed by atoms with Gasteiger partial charge in [0.1, 0.15) is 23.9 Å². The van der Waals surface area contributed by atoms with Gasteiger partial charge < -0.3 is 9.15 Å². The minimum Gasteiger partial charge on any atom is -0.486 e. The van der Waals surface area contributed by atoms with Gasteiger partial charge in [0.25, 0.3) is 0 Å². The second kappa shape index (κ2) is 7.99. The second-order valence-electron chi connectivity index (χ2n) is 5.70. The SMILES string of the molecule is CCc1ccc(OCc2ccc(/C=C/C(=O)c3ccc(C)s3)o2)cc1. The monoisotopic (exact) mass is 352 g/mol. The van der Waals surface area contributed by atoms with Gasteiger partial charge in [-0.15, -0.1) is 11.3 Å². The Morgan fingerprint density at radius 3 is 2.60 bits per heavy atom. The quantitative estimate of drug-likeness (QED) is 0.405. The van der Waals surface area contributed by atoms with E-state index >= 15 is 0 Å². The van der Waals surface area contributed by atoms with Gasteiger partial charge in [-0.1, -0.05) is 19.1 Å². The van der Waals surface area contributed by atoms with Crippen molar-refractivity contribution in [2.24, 2.45) is 0 Å². The molecule has 0 atom stereocenters. The first-order chi connectivity index (χ1) is 12.1. The van der Waals surface area contributed by atoms with Gasteiger partial charge in [0.2, 0.25) is 0 Å². The van der Waals surface area contributed by atoms with Crippen molar-refractivity contribution < 1.29 is 13.9 Å². The van der Waals surface area contributed by atoms with Crippen LogP contribution in [0.15, 0.2) is 59.0 Å². The highest BCUT2D eigenvalue weighted by atomic mass is 32.1. The Kier molecular flexibility index (Phi) is 5.51. The fourth-order valence-electron chi connectivity index (χ4n) is 2.34. The molecule has 0 fully saturated rings. The molecule has 2 heterocycles. The predicted octanol–water partition coefficient (Wildman–Crippen LogP) is 5.69. The first kappa shape index (κ1) is 17.2. The van der Waals surface area contributed by atoms with Crippen molar-refractivity contribution in [3.05, 3.63) is 81.4 Å². The third kappa shape index (κ3) is 4.70. The molecular weight excluding hydrogens is 332 g/mol. The van der Waals surface area contributed by atoms with Gasteiger partial charge in [-0.05, 0) is 67.5 Å². The van der Waals surface area contributed by atoms with Crippen LogP contribution >= 0.6 is 11.3 Å². The molecule has 2 aromatic heterocycles. The molecule has 0 amide bonds. The zero-order valence-electron chi connectivity index (χ0n) is 14.3. The van der Waals surface area contributed by atoms with Crippen LogP contribution in [0.25, 0.3) is 6.08 Å². The molecule has 0 bridgehead atoms. The van der Waals surface area contributed by atoms with Crippen LogP contribution in [0.2, 0.25) is 0 Å². The lowest BCUT2D eigenvalue weighted by molar-refractivity contribution is 0.105. The summed E-state index contributed by atoms with van der Waals surface area (Å²) in [6, 6.07) is 15.5. The Bertz CT molecular complexity index is 869. The second-order valence-corrected chi connectivity index (χ2v) is 6.99. The number of carbonyl (C=O) groups excluding carboxylic acids is 1. The van der Waals surface area contributed by atoms with E-state index in [2.05, 4.69) is 19.1 Å². The first-order valence-electron chi connectivity index (χ1n) is 8.23. The maximum Gasteiger partial charge on any atom is 0.195 e. The fourth-order valence-corrected chi connectivity index (χ4v) is 3.13. The van der Waals surface area contributed by atoms with E-state index in [1.165, 1.54) is 23.0 Å².